The van der Waals surface area contributed by atoms with E-state index in [0.29, 0.717) is 28.5 Å². The second-order valence-electron chi connectivity index (χ2n) is 7.25. The smallest absolute Gasteiger partial charge is 0.251 e. The number of nitrogens with zero attached hydrogens (tertiary/aromatic N) is 3. The largest absolute Gasteiger partial charge is 0.346 e. The van der Waals surface area contributed by atoms with Crippen molar-refractivity contribution in [2.24, 2.45) is 0 Å². The van der Waals surface area contributed by atoms with E-state index in [4.69, 9.17) is 16.6 Å². The monoisotopic (exact) mass is 439 g/mol. The molecule has 2 aromatic carbocycles. The number of pyridine rings is 3. The molecule has 156 valence electrons. The van der Waals surface area contributed by atoms with Crippen LogP contribution in [0.4, 0.5) is 11.5 Å². The Hall–Kier alpha value is -4.03. The van der Waals surface area contributed by atoms with Gasteiger partial charge < -0.3 is 10.6 Å². The highest BCUT2D eigenvalue weighted by Crippen LogP contribution is 2.31. The van der Waals surface area contributed by atoms with Gasteiger partial charge in [-0.1, -0.05) is 29.8 Å². The molecule has 0 saturated heterocycles. The Balaban J connectivity index is 1.52. The average Bonchev–Trinajstić information content (AvgIpc) is 2.83. The van der Waals surface area contributed by atoms with Crippen LogP contribution < -0.4 is 10.6 Å². The van der Waals surface area contributed by atoms with Crippen LogP contribution in [-0.2, 0) is 6.54 Å². The van der Waals surface area contributed by atoms with E-state index in [0.717, 1.165) is 27.5 Å². The van der Waals surface area contributed by atoms with E-state index >= 15 is 0 Å². The van der Waals surface area contributed by atoms with E-state index < -0.39 is 0 Å². The summed E-state index contributed by atoms with van der Waals surface area (Å²) in [5.74, 6) is 0.484. The molecule has 0 saturated carbocycles. The number of benzene rings is 2. The summed E-state index contributed by atoms with van der Waals surface area (Å²) in [6.45, 7) is 0.356. The van der Waals surface area contributed by atoms with Crippen molar-refractivity contribution in [3.63, 3.8) is 0 Å². The van der Waals surface area contributed by atoms with Crippen molar-refractivity contribution < 1.29 is 4.79 Å². The third-order valence-electron chi connectivity index (χ3n) is 5.10. The molecule has 0 aliphatic carbocycles. The minimum Gasteiger partial charge on any atom is -0.346 e. The predicted molar refractivity (Wildman–Crippen MR) is 127 cm³/mol. The first-order valence-corrected chi connectivity index (χ1v) is 10.4. The van der Waals surface area contributed by atoms with Gasteiger partial charge in [-0.25, -0.2) is 4.98 Å². The van der Waals surface area contributed by atoms with E-state index in [1.54, 1.807) is 24.5 Å². The molecule has 0 unspecified atom stereocenters. The highest BCUT2D eigenvalue weighted by atomic mass is 35.5. The zero-order valence-electron chi connectivity index (χ0n) is 16.9. The molecule has 0 atom stereocenters. The van der Waals surface area contributed by atoms with Crippen LogP contribution >= 0.6 is 11.6 Å². The number of carbonyl (C=O) groups excluding carboxylic acids is 1. The Morgan fingerprint density at radius 1 is 0.906 bits per heavy atom. The highest BCUT2D eigenvalue weighted by molar-refractivity contribution is 6.30. The molecular formula is C25H18ClN5O. The van der Waals surface area contributed by atoms with Gasteiger partial charge in [0.25, 0.3) is 5.91 Å². The molecule has 5 rings (SSSR count). The third-order valence-corrected chi connectivity index (χ3v) is 5.34. The number of rotatable bonds is 5. The molecule has 0 spiro atoms. The van der Waals surface area contributed by atoms with Gasteiger partial charge in [-0.15, -0.1) is 0 Å². The second kappa shape index (κ2) is 8.61. The van der Waals surface area contributed by atoms with Crippen molar-refractivity contribution in [2.45, 2.75) is 6.54 Å². The first-order valence-electron chi connectivity index (χ1n) is 10.1. The minimum atomic E-state index is -0.185. The van der Waals surface area contributed by atoms with Crippen molar-refractivity contribution in [3.05, 3.63) is 102 Å². The van der Waals surface area contributed by atoms with E-state index in [9.17, 15) is 4.79 Å². The lowest BCUT2D eigenvalue weighted by Crippen LogP contribution is -2.23. The van der Waals surface area contributed by atoms with Crippen LogP contribution in [0.2, 0.25) is 5.02 Å². The van der Waals surface area contributed by atoms with Gasteiger partial charge in [0.15, 0.2) is 0 Å². The van der Waals surface area contributed by atoms with Crippen molar-refractivity contribution in [1.82, 2.24) is 20.3 Å². The first kappa shape index (κ1) is 19.9. The van der Waals surface area contributed by atoms with Gasteiger partial charge >= 0.3 is 0 Å². The molecule has 0 radical (unpaired) electrons. The first-order chi connectivity index (χ1) is 15.7. The summed E-state index contributed by atoms with van der Waals surface area (Å²) in [6, 6.07) is 20.5. The molecule has 3 aromatic heterocycles. The summed E-state index contributed by atoms with van der Waals surface area (Å²) in [7, 11) is 0. The Bertz CT molecular complexity index is 1440. The molecule has 2 N–H and O–H groups in total. The zero-order chi connectivity index (χ0) is 21.9. The Labute approximate surface area is 189 Å². The summed E-state index contributed by atoms with van der Waals surface area (Å²) in [5.41, 5.74) is 2.84. The van der Waals surface area contributed by atoms with E-state index in [-0.39, 0.29) is 5.91 Å². The molecule has 7 heteroatoms. The minimum absolute atomic E-state index is 0.185. The van der Waals surface area contributed by atoms with Crippen LogP contribution in [0.3, 0.4) is 0 Å². The molecule has 0 fully saturated rings. The van der Waals surface area contributed by atoms with Gasteiger partial charge in [0, 0.05) is 51.0 Å². The summed E-state index contributed by atoms with van der Waals surface area (Å²) in [5, 5.41) is 9.68. The van der Waals surface area contributed by atoms with Crippen LogP contribution in [0.25, 0.3) is 21.7 Å². The lowest BCUT2D eigenvalue weighted by Gasteiger charge is -2.12. The molecule has 1 amide bonds. The van der Waals surface area contributed by atoms with Crippen LogP contribution in [0.5, 0.6) is 0 Å². The molecule has 0 aliphatic heterocycles. The fourth-order valence-electron chi connectivity index (χ4n) is 3.56. The van der Waals surface area contributed by atoms with Crippen molar-refractivity contribution >= 4 is 50.7 Å². The van der Waals surface area contributed by atoms with Gasteiger partial charge in [0.1, 0.15) is 5.82 Å². The van der Waals surface area contributed by atoms with Crippen LogP contribution in [0.15, 0.2) is 85.3 Å². The molecule has 0 aliphatic rings. The quantitative estimate of drug-likeness (QED) is 0.353. The number of halogens is 1. The summed E-state index contributed by atoms with van der Waals surface area (Å²) in [6.07, 6.45) is 5.25. The number of carbonyl (C=O) groups is 1. The lowest BCUT2D eigenvalue weighted by molar-refractivity contribution is 0.0950. The van der Waals surface area contributed by atoms with Crippen molar-refractivity contribution in [2.75, 3.05) is 5.32 Å². The van der Waals surface area contributed by atoms with Gasteiger partial charge in [-0.05, 0) is 48.5 Å². The standard InChI is InChI=1S/C25H18ClN5O/c26-17-4-3-6-18(13-17)30-24-21-9-11-27-15-22(21)20-8-7-16(12-23(20)31-24)25(32)29-14-19-5-1-2-10-28-19/h1-13,15H,14H2,(H,29,32)(H,30,31). The van der Waals surface area contributed by atoms with Gasteiger partial charge in [-0.2, -0.15) is 0 Å². The molecule has 0 bridgehead atoms. The van der Waals surface area contributed by atoms with Gasteiger partial charge in [-0.3, -0.25) is 14.8 Å². The van der Waals surface area contributed by atoms with Gasteiger partial charge in [0.05, 0.1) is 17.8 Å². The fraction of sp³-hybridized carbons (Fsp3) is 0.0400. The summed E-state index contributed by atoms with van der Waals surface area (Å²) < 4.78 is 0. The zero-order valence-corrected chi connectivity index (χ0v) is 17.7. The van der Waals surface area contributed by atoms with E-state index in [2.05, 4.69) is 20.6 Å². The maximum Gasteiger partial charge on any atom is 0.251 e. The third kappa shape index (κ3) is 4.08. The predicted octanol–water partition coefficient (Wildman–Crippen LogP) is 5.51. The molecular weight excluding hydrogens is 422 g/mol. The fourth-order valence-corrected chi connectivity index (χ4v) is 3.75. The number of nitrogens with one attached hydrogen (secondary N) is 2. The van der Waals surface area contributed by atoms with Crippen molar-refractivity contribution in [3.8, 4) is 0 Å². The number of aromatic nitrogens is 3. The topological polar surface area (TPSA) is 79.8 Å². The lowest BCUT2D eigenvalue weighted by atomic mass is 10.1. The number of hydrogen-bond donors (Lipinski definition) is 2. The van der Waals surface area contributed by atoms with Crippen LogP contribution in [-0.4, -0.2) is 20.9 Å². The number of amides is 1. The summed E-state index contributed by atoms with van der Waals surface area (Å²) >= 11 is 6.13. The van der Waals surface area contributed by atoms with Crippen molar-refractivity contribution in [1.29, 1.82) is 0 Å². The van der Waals surface area contributed by atoms with Gasteiger partial charge in [0.2, 0.25) is 0 Å². The summed E-state index contributed by atoms with van der Waals surface area (Å²) in [4.78, 5) is 26.1. The van der Waals surface area contributed by atoms with Crippen LogP contribution in [0.1, 0.15) is 16.1 Å². The SMILES string of the molecule is O=C(NCc1ccccn1)c1ccc2c(c1)nc(Nc1cccc(Cl)c1)c1ccncc12. The van der Waals surface area contributed by atoms with E-state index in [1.807, 2.05) is 60.8 Å². The Morgan fingerprint density at radius 3 is 2.69 bits per heavy atom. The molecule has 32 heavy (non-hydrogen) atoms. The maximum atomic E-state index is 12.7. The average molecular weight is 440 g/mol. The Morgan fingerprint density at radius 2 is 1.84 bits per heavy atom. The number of fused-ring (bicyclic) bond motifs is 3. The van der Waals surface area contributed by atoms with E-state index in [1.165, 1.54) is 0 Å². The molecule has 5 aromatic rings. The molecule has 3 heterocycles. The van der Waals surface area contributed by atoms with Crippen LogP contribution in [0, 0.1) is 0 Å². The molecule has 6 nitrogen and oxygen atoms in total. The normalized spacial score (nSPS) is 10.9. The number of anilines is 2. The second-order valence-corrected chi connectivity index (χ2v) is 7.69. The highest BCUT2D eigenvalue weighted by Gasteiger charge is 2.12. The Kier molecular flexibility index (Phi) is 5.35. The number of hydrogen-bond acceptors (Lipinski definition) is 5. The maximum absolute atomic E-state index is 12.7.